The maximum atomic E-state index is 12.3. The van der Waals surface area contributed by atoms with Crippen molar-refractivity contribution in [1.29, 1.82) is 0 Å². The van der Waals surface area contributed by atoms with Crippen LogP contribution in [0.1, 0.15) is 12.5 Å². The summed E-state index contributed by atoms with van der Waals surface area (Å²) in [6.45, 7) is 0. The lowest BCUT2D eigenvalue weighted by Crippen LogP contribution is -2.13. The van der Waals surface area contributed by atoms with Crippen molar-refractivity contribution in [2.45, 2.75) is 18.6 Å². The molecular formula is C7H5Br2F3N2. The van der Waals surface area contributed by atoms with E-state index >= 15 is 0 Å². The average Bonchev–Trinajstić information content (AvgIpc) is 2.75. The fraction of sp³-hybridized carbons (Fsp3) is 0.571. The fourth-order valence-corrected chi connectivity index (χ4v) is 2.76. The van der Waals surface area contributed by atoms with Crippen LogP contribution in [-0.2, 0) is 0 Å². The normalized spacial score (nSPS) is 26.6. The standard InChI is InChI=1S/C7H5Br2F3N2/c8-5-2-13-6(9)14(5)4-1-3(4)7(10,11)12/h2-4H,1H2/t3-,4-/m0/s1. The van der Waals surface area contributed by atoms with Crippen LogP contribution in [0.2, 0.25) is 0 Å². The molecule has 0 radical (unpaired) electrons. The van der Waals surface area contributed by atoms with Crippen molar-refractivity contribution in [2.24, 2.45) is 5.92 Å². The van der Waals surface area contributed by atoms with E-state index in [1.165, 1.54) is 10.8 Å². The van der Waals surface area contributed by atoms with Crippen LogP contribution in [0, 0.1) is 5.92 Å². The van der Waals surface area contributed by atoms with Gasteiger partial charge in [0.25, 0.3) is 0 Å². The van der Waals surface area contributed by atoms with Crippen molar-refractivity contribution in [3.8, 4) is 0 Å². The molecule has 78 valence electrons. The predicted octanol–water partition coefficient (Wildman–Crippen LogP) is 3.53. The lowest BCUT2D eigenvalue weighted by molar-refractivity contribution is -0.150. The molecule has 1 heterocycles. The molecular weight excluding hydrogens is 329 g/mol. The van der Waals surface area contributed by atoms with Gasteiger partial charge >= 0.3 is 6.18 Å². The summed E-state index contributed by atoms with van der Waals surface area (Å²) in [5, 5.41) is 0. The van der Waals surface area contributed by atoms with E-state index in [0.29, 0.717) is 9.34 Å². The first kappa shape index (κ1) is 10.5. The highest BCUT2D eigenvalue weighted by atomic mass is 79.9. The van der Waals surface area contributed by atoms with Crippen LogP contribution < -0.4 is 0 Å². The summed E-state index contributed by atoms with van der Waals surface area (Å²) in [6, 6.07) is -0.513. The Balaban J connectivity index is 2.21. The van der Waals surface area contributed by atoms with Gasteiger partial charge in [-0.2, -0.15) is 13.2 Å². The average molecular weight is 334 g/mol. The van der Waals surface area contributed by atoms with E-state index in [0.717, 1.165) is 0 Å². The summed E-state index contributed by atoms with van der Waals surface area (Å²) < 4.78 is 39.4. The smallest absolute Gasteiger partial charge is 0.310 e. The molecule has 0 saturated heterocycles. The molecule has 1 aliphatic rings. The molecule has 2 atom stereocenters. The van der Waals surface area contributed by atoms with Crippen LogP contribution in [0.25, 0.3) is 0 Å². The number of alkyl halides is 3. The third-order valence-electron chi connectivity index (χ3n) is 2.22. The fourth-order valence-electron chi connectivity index (χ4n) is 1.43. The minimum absolute atomic E-state index is 0.136. The summed E-state index contributed by atoms with van der Waals surface area (Å²) in [7, 11) is 0. The second-order valence-electron chi connectivity index (χ2n) is 3.17. The summed E-state index contributed by atoms with van der Waals surface area (Å²) in [5.74, 6) is -1.23. The number of rotatable bonds is 1. The van der Waals surface area contributed by atoms with E-state index in [1.54, 1.807) is 0 Å². The van der Waals surface area contributed by atoms with Gasteiger partial charge in [0.15, 0.2) is 4.73 Å². The van der Waals surface area contributed by atoms with Crippen LogP contribution in [0.15, 0.2) is 15.5 Å². The van der Waals surface area contributed by atoms with Crippen LogP contribution >= 0.6 is 31.9 Å². The quantitative estimate of drug-likeness (QED) is 0.768. The highest BCUT2D eigenvalue weighted by Gasteiger charge is 2.57. The Morgan fingerprint density at radius 3 is 2.43 bits per heavy atom. The maximum Gasteiger partial charge on any atom is 0.393 e. The van der Waals surface area contributed by atoms with Crippen molar-refractivity contribution >= 4 is 31.9 Å². The SMILES string of the molecule is FC(F)(F)[C@H]1C[C@@H]1n1c(Br)cnc1Br. The maximum absolute atomic E-state index is 12.3. The van der Waals surface area contributed by atoms with Crippen LogP contribution in [-0.4, -0.2) is 15.7 Å². The first-order chi connectivity index (χ1) is 6.41. The van der Waals surface area contributed by atoms with E-state index < -0.39 is 18.1 Å². The van der Waals surface area contributed by atoms with Gasteiger partial charge in [-0.3, -0.25) is 0 Å². The number of halogens is 5. The lowest BCUT2D eigenvalue weighted by Gasteiger charge is -2.07. The predicted molar refractivity (Wildman–Crippen MR) is 50.8 cm³/mol. The molecule has 2 nitrogen and oxygen atoms in total. The first-order valence-corrected chi connectivity index (χ1v) is 5.45. The Labute approximate surface area is 94.8 Å². The van der Waals surface area contributed by atoms with Gasteiger partial charge in [0, 0.05) is 6.04 Å². The Hall–Kier alpha value is -0.0400. The molecule has 1 aromatic heterocycles. The van der Waals surface area contributed by atoms with E-state index in [9.17, 15) is 13.2 Å². The Morgan fingerprint density at radius 2 is 2.07 bits per heavy atom. The van der Waals surface area contributed by atoms with Gasteiger partial charge in [-0.25, -0.2) is 4.98 Å². The zero-order valence-corrected chi connectivity index (χ0v) is 9.90. The molecule has 0 bridgehead atoms. The molecule has 14 heavy (non-hydrogen) atoms. The minimum Gasteiger partial charge on any atom is -0.310 e. The number of hydrogen-bond donors (Lipinski definition) is 0. The number of nitrogens with zero attached hydrogens (tertiary/aromatic N) is 2. The molecule has 1 aliphatic carbocycles. The van der Waals surface area contributed by atoms with Crippen molar-refractivity contribution in [3.63, 3.8) is 0 Å². The molecule has 0 N–H and O–H groups in total. The van der Waals surface area contributed by atoms with Gasteiger partial charge in [-0.15, -0.1) is 0 Å². The highest BCUT2D eigenvalue weighted by molar-refractivity contribution is 9.11. The zero-order valence-electron chi connectivity index (χ0n) is 6.72. The van der Waals surface area contributed by atoms with E-state index in [2.05, 4.69) is 36.8 Å². The van der Waals surface area contributed by atoms with Gasteiger partial charge in [0.1, 0.15) is 4.60 Å². The number of imidazole rings is 1. The zero-order chi connectivity index (χ0) is 10.5. The molecule has 0 aliphatic heterocycles. The number of hydrogen-bond acceptors (Lipinski definition) is 1. The van der Waals surface area contributed by atoms with E-state index in [4.69, 9.17) is 0 Å². The first-order valence-electron chi connectivity index (χ1n) is 3.86. The summed E-state index contributed by atoms with van der Waals surface area (Å²) >= 11 is 6.26. The molecule has 7 heteroatoms. The lowest BCUT2D eigenvalue weighted by atomic mass is 10.4. The van der Waals surface area contributed by atoms with Gasteiger partial charge in [0.05, 0.1) is 12.1 Å². The van der Waals surface area contributed by atoms with Crippen LogP contribution in [0.3, 0.4) is 0 Å². The molecule has 1 aromatic rings. The molecule has 0 unspecified atom stereocenters. The molecule has 1 fully saturated rings. The van der Waals surface area contributed by atoms with E-state index in [-0.39, 0.29) is 6.42 Å². The topological polar surface area (TPSA) is 17.8 Å². The molecule has 0 spiro atoms. The summed E-state index contributed by atoms with van der Waals surface area (Å²) in [4.78, 5) is 3.86. The summed E-state index contributed by atoms with van der Waals surface area (Å²) in [5.41, 5.74) is 0. The van der Waals surface area contributed by atoms with Crippen LogP contribution in [0.4, 0.5) is 13.2 Å². The third-order valence-corrected chi connectivity index (χ3v) is 3.39. The molecule has 0 amide bonds. The van der Waals surface area contributed by atoms with Gasteiger partial charge in [-0.05, 0) is 38.3 Å². The van der Waals surface area contributed by atoms with E-state index in [1.807, 2.05) is 0 Å². The molecule has 1 saturated carbocycles. The van der Waals surface area contributed by atoms with Gasteiger partial charge in [0.2, 0.25) is 0 Å². The van der Waals surface area contributed by atoms with Crippen molar-refractivity contribution in [2.75, 3.05) is 0 Å². The number of aromatic nitrogens is 2. The minimum atomic E-state index is -4.10. The van der Waals surface area contributed by atoms with Crippen molar-refractivity contribution in [3.05, 3.63) is 15.5 Å². The van der Waals surface area contributed by atoms with Gasteiger partial charge < -0.3 is 4.57 Å². The Kier molecular flexibility index (Phi) is 2.42. The monoisotopic (exact) mass is 332 g/mol. The van der Waals surface area contributed by atoms with Gasteiger partial charge in [-0.1, -0.05) is 0 Å². The van der Waals surface area contributed by atoms with Crippen LogP contribution in [0.5, 0.6) is 0 Å². The third kappa shape index (κ3) is 1.71. The second-order valence-corrected chi connectivity index (χ2v) is 4.69. The second kappa shape index (κ2) is 3.23. The Bertz CT molecular complexity index is 341. The van der Waals surface area contributed by atoms with Crippen molar-refractivity contribution in [1.82, 2.24) is 9.55 Å². The molecule has 2 rings (SSSR count). The Morgan fingerprint density at radius 1 is 1.43 bits per heavy atom. The van der Waals surface area contributed by atoms with Crippen molar-refractivity contribution < 1.29 is 13.2 Å². The molecule has 0 aromatic carbocycles. The highest BCUT2D eigenvalue weighted by Crippen LogP contribution is 2.54. The summed E-state index contributed by atoms with van der Waals surface area (Å²) in [6.07, 6.45) is -2.49. The largest absolute Gasteiger partial charge is 0.393 e.